The second kappa shape index (κ2) is 4.49. The van der Waals surface area contributed by atoms with Crippen molar-refractivity contribution in [2.75, 3.05) is 11.5 Å². The zero-order valence-electron chi connectivity index (χ0n) is 6.96. The van der Waals surface area contributed by atoms with Crippen LogP contribution in [0.4, 0.5) is 0 Å². The quantitative estimate of drug-likeness (QED) is 0.625. The summed E-state index contributed by atoms with van der Waals surface area (Å²) in [5.41, 5.74) is 0. The molecule has 11 heavy (non-hydrogen) atoms. The molecule has 0 rings (SSSR count). The topological polar surface area (TPSA) is 51.2 Å². The van der Waals surface area contributed by atoms with Crippen molar-refractivity contribution >= 4 is 15.6 Å². The summed E-state index contributed by atoms with van der Waals surface area (Å²) >= 11 is 0. The van der Waals surface area contributed by atoms with E-state index in [1.165, 1.54) is 0 Å². The predicted molar refractivity (Wildman–Crippen MR) is 44.2 cm³/mol. The SMILES string of the molecule is CCCC(=O)CS(=O)(=O)CC. The second-order valence-corrected chi connectivity index (χ2v) is 4.82. The lowest BCUT2D eigenvalue weighted by atomic mass is 10.3. The Hall–Kier alpha value is -0.380. The van der Waals surface area contributed by atoms with Gasteiger partial charge < -0.3 is 0 Å². The Labute approximate surface area is 67.7 Å². The summed E-state index contributed by atoms with van der Waals surface area (Å²) in [6, 6.07) is 0. The van der Waals surface area contributed by atoms with Crippen molar-refractivity contribution in [3.8, 4) is 0 Å². The molecule has 0 amide bonds. The standard InChI is InChI=1S/C7H14O3S/c1-3-5-7(8)6-11(9,10)4-2/h3-6H2,1-2H3. The molecule has 0 saturated carbocycles. The molecule has 0 bridgehead atoms. The van der Waals surface area contributed by atoms with Crippen molar-refractivity contribution in [3.05, 3.63) is 0 Å². The number of hydrogen-bond donors (Lipinski definition) is 0. The molecule has 0 aromatic rings. The van der Waals surface area contributed by atoms with E-state index >= 15 is 0 Å². The van der Waals surface area contributed by atoms with E-state index in [-0.39, 0.29) is 17.3 Å². The molecular formula is C7H14O3S. The minimum Gasteiger partial charge on any atom is -0.299 e. The van der Waals surface area contributed by atoms with Crippen molar-refractivity contribution in [2.45, 2.75) is 26.7 Å². The fourth-order valence-electron chi connectivity index (χ4n) is 0.698. The summed E-state index contributed by atoms with van der Waals surface area (Å²) in [6.07, 6.45) is 1.09. The first-order valence-corrected chi connectivity index (χ1v) is 5.56. The Morgan fingerprint density at radius 1 is 1.27 bits per heavy atom. The molecule has 0 aromatic heterocycles. The van der Waals surface area contributed by atoms with Crippen LogP contribution >= 0.6 is 0 Å². The molecule has 0 aromatic carbocycles. The Balaban J connectivity index is 3.95. The first-order valence-electron chi connectivity index (χ1n) is 3.74. The van der Waals surface area contributed by atoms with Crippen molar-refractivity contribution < 1.29 is 13.2 Å². The van der Waals surface area contributed by atoms with Crippen LogP contribution in [0, 0.1) is 0 Å². The minimum atomic E-state index is -3.09. The van der Waals surface area contributed by atoms with Crippen LogP contribution in [-0.4, -0.2) is 25.7 Å². The lowest BCUT2D eigenvalue weighted by Crippen LogP contribution is -2.17. The third kappa shape index (κ3) is 4.95. The molecule has 0 saturated heterocycles. The molecule has 0 N–H and O–H groups in total. The van der Waals surface area contributed by atoms with Gasteiger partial charge in [0.1, 0.15) is 11.5 Å². The van der Waals surface area contributed by atoms with Gasteiger partial charge in [0.15, 0.2) is 9.84 Å². The molecule has 0 heterocycles. The molecule has 3 nitrogen and oxygen atoms in total. The lowest BCUT2D eigenvalue weighted by Gasteiger charge is -1.97. The minimum absolute atomic E-state index is 0.0580. The highest BCUT2D eigenvalue weighted by atomic mass is 32.2. The molecule has 66 valence electrons. The molecule has 0 unspecified atom stereocenters. The van der Waals surface area contributed by atoms with Crippen LogP contribution in [0.2, 0.25) is 0 Å². The third-order valence-electron chi connectivity index (χ3n) is 1.35. The van der Waals surface area contributed by atoms with Crippen LogP contribution < -0.4 is 0 Å². The lowest BCUT2D eigenvalue weighted by molar-refractivity contribution is -0.116. The monoisotopic (exact) mass is 178 g/mol. The average molecular weight is 178 g/mol. The molecule has 0 aliphatic heterocycles. The molecule has 0 fully saturated rings. The maximum Gasteiger partial charge on any atom is 0.157 e. The van der Waals surface area contributed by atoms with Crippen LogP contribution in [0.3, 0.4) is 0 Å². The highest BCUT2D eigenvalue weighted by Crippen LogP contribution is 1.95. The Bertz CT molecular complexity index is 216. The van der Waals surface area contributed by atoms with Gasteiger partial charge in [-0.2, -0.15) is 0 Å². The summed E-state index contributed by atoms with van der Waals surface area (Å²) in [6.45, 7) is 3.41. The molecule has 0 spiro atoms. The van der Waals surface area contributed by atoms with E-state index < -0.39 is 9.84 Å². The maximum absolute atomic E-state index is 10.9. The van der Waals surface area contributed by atoms with Gasteiger partial charge in [0.2, 0.25) is 0 Å². The van der Waals surface area contributed by atoms with E-state index in [0.29, 0.717) is 6.42 Å². The zero-order chi connectivity index (χ0) is 8.91. The van der Waals surface area contributed by atoms with Crippen molar-refractivity contribution in [3.63, 3.8) is 0 Å². The molecule has 4 heteroatoms. The average Bonchev–Trinajstić information content (AvgIpc) is 1.87. The largest absolute Gasteiger partial charge is 0.299 e. The summed E-state index contributed by atoms with van der Waals surface area (Å²) in [4.78, 5) is 10.8. The van der Waals surface area contributed by atoms with Gasteiger partial charge in [-0.1, -0.05) is 13.8 Å². The number of sulfone groups is 1. The van der Waals surface area contributed by atoms with E-state index in [0.717, 1.165) is 6.42 Å². The Morgan fingerprint density at radius 2 is 1.82 bits per heavy atom. The van der Waals surface area contributed by atoms with Gasteiger partial charge in [-0.15, -0.1) is 0 Å². The number of carbonyl (C=O) groups excluding carboxylic acids is 1. The molecule has 0 aliphatic carbocycles. The second-order valence-electron chi connectivity index (χ2n) is 2.47. The van der Waals surface area contributed by atoms with E-state index in [4.69, 9.17) is 0 Å². The van der Waals surface area contributed by atoms with Gasteiger partial charge in [0.05, 0.1) is 0 Å². The van der Waals surface area contributed by atoms with Gasteiger partial charge in [-0.25, -0.2) is 8.42 Å². The van der Waals surface area contributed by atoms with E-state index in [1.54, 1.807) is 6.92 Å². The number of hydrogen-bond acceptors (Lipinski definition) is 3. The summed E-state index contributed by atoms with van der Waals surface area (Å²) in [5.74, 6) is -0.394. The molecule has 0 radical (unpaired) electrons. The first-order chi connectivity index (χ1) is 5.02. The normalized spacial score (nSPS) is 11.5. The van der Waals surface area contributed by atoms with Gasteiger partial charge in [-0.05, 0) is 6.42 Å². The third-order valence-corrected chi connectivity index (χ3v) is 2.99. The van der Waals surface area contributed by atoms with Crippen LogP contribution in [0.25, 0.3) is 0 Å². The van der Waals surface area contributed by atoms with Crippen LogP contribution in [0.1, 0.15) is 26.7 Å². The zero-order valence-corrected chi connectivity index (χ0v) is 7.78. The number of rotatable bonds is 5. The van der Waals surface area contributed by atoms with Gasteiger partial charge in [0, 0.05) is 12.2 Å². The maximum atomic E-state index is 10.9. The Kier molecular flexibility index (Phi) is 4.33. The number of ketones is 1. The Morgan fingerprint density at radius 3 is 2.18 bits per heavy atom. The summed E-state index contributed by atoms with van der Waals surface area (Å²) < 4.78 is 21.7. The predicted octanol–water partition coefficient (Wildman–Crippen LogP) is 0.790. The molecular weight excluding hydrogens is 164 g/mol. The fraction of sp³-hybridized carbons (Fsp3) is 0.857. The molecule has 0 atom stereocenters. The van der Waals surface area contributed by atoms with E-state index in [1.807, 2.05) is 6.92 Å². The fourth-order valence-corrected chi connectivity index (χ4v) is 1.54. The van der Waals surface area contributed by atoms with Crippen molar-refractivity contribution in [2.24, 2.45) is 0 Å². The van der Waals surface area contributed by atoms with Gasteiger partial charge in [-0.3, -0.25) is 4.79 Å². The van der Waals surface area contributed by atoms with Gasteiger partial charge >= 0.3 is 0 Å². The summed E-state index contributed by atoms with van der Waals surface area (Å²) in [5, 5.41) is 0. The van der Waals surface area contributed by atoms with Crippen LogP contribution in [0.5, 0.6) is 0 Å². The number of Topliss-reactive ketones (excluding diaryl/α,β-unsaturated/α-hetero) is 1. The first kappa shape index (κ1) is 10.6. The van der Waals surface area contributed by atoms with Crippen molar-refractivity contribution in [1.82, 2.24) is 0 Å². The van der Waals surface area contributed by atoms with E-state index in [2.05, 4.69) is 0 Å². The van der Waals surface area contributed by atoms with E-state index in [9.17, 15) is 13.2 Å². The highest BCUT2D eigenvalue weighted by Gasteiger charge is 2.12. The molecule has 0 aliphatic rings. The summed E-state index contributed by atoms with van der Waals surface area (Å²) in [7, 11) is -3.09. The van der Waals surface area contributed by atoms with Crippen molar-refractivity contribution in [1.29, 1.82) is 0 Å². The smallest absolute Gasteiger partial charge is 0.157 e. The number of carbonyl (C=O) groups is 1. The highest BCUT2D eigenvalue weighted by molar-refractivity contribution is 7.92. The van der Waals surface area contributed by atoms with Crippen LogP contribution in [0.15, 0.2) is 0 Å². The van der Waals surface area contributed by atoms with Gasteiger partial charge in [0.25, 0.3) is 0 Å². The van der Waals surface area contributed by atoms with Crippen LogP contribution in [-0.2, 0) is 14.6 Å².